The van der Waals surface area contributed by atoms with Crippen LogP contribution in [0.25, 0.3) is 22.3 Å². The molecule has 0 amide bonds. The highest BCUT2D eigenvalue weighted by atomic mass is 32.2. The van der Waals surface area contributed by atoms with E-state index in [0.717, 1.165) is 30.3 Å². The lowest BCUT2D eigenvalue weighted by Gasteiger charge is -2.19. The Labute approximate surface area is 183 Å². The Morgan fingerprint density at radius 2 is 1.67 bits per heavy atom. The molecule has 0 saturated carbocycles. The lowest BCUT2D eigenvalue weighted by Crippen LogP contribution is -2.25. The number of halogens is 5. The molecule has 0 unspecified atom stereocenters. The highest BCUT2D eigenvalue weighted by Crippen LogP contribution is 2.47. The number of nitrogens with zero attached hydrogens (tertiary/aromatic N) is 2. The Kier molecular flexibility index (Phi) is 4.98. The number of primary sulfonamides is 1. The van der Waals surface area contributed by atoms with Crippen molar-refractivity contribution in [2.75, 3.05) is 5.73 Å². The largest absolute Gasteiger partial charge is 0.586 e. The van der Waals surface area contributed by atoms with Crippen LogP contribution in [0.1, 0.15) is 11.3 Å². The van der Waals surface area contributed by atoms with Gasteiger partial charge in [0.15, 0.2) is 11.5 Å². The molecule has 0 saturated heterocycles. The van der Waals surface area contributed by atoms with Gasteiger partial charge in [0, 0.05) is 11.8 Å². The molecule has 1 aliphatic heterocycles. The Bertz CT molecular complexity index is 1390. The molecular weight excluding hydrogens is 475 g/mol. The van der Waals surface area contributed by atoms with Gasteiger partial charge in [0.2, 0.25) is 16.0 Å². The van der Waals surface area contributed by atoms with Crippen LogP contribution in [0.15, 0.2) is 41.4 Å². The summed E-state index contributed by atoms with van der Waals surface area (Å²) in [7, 11) is -4.89. The molecule has 4 N–H and O–H groups in total. The summed E-state index contributed by atoms with van der Waals surface area (Å²) in [5.41, 5.74) is 3.41. The maximum absolute atomic E-state index is 14.1. The first-order chi connectivity index (χ1) is 15.2. The molecule has 174 valence electrons. The van der Waals surface area contributed by atoms with Crippen LogP contribution in [0.4, 0.5) is 27.9 Å². The monoisotopic (exact) mass is 488 g/mol. The summed E-state index contributed by atoms with van der Waals surface area (Å²) in [6.07, 6.45) is -7.97. The third kappa shape index (κ3) is 4.26. The number of anilines is 1. The number of aryl methyl sites for hydroxylation is 1. The average molecular weight is 488 g/mol. The second-order valence-corrected chi connectivity index (χ2v) is 8.53. The van der Waals surface area contributed by atoms with Gasteiger partial charge in [-0.3, -0.25) is 0 Å². The fourth-order valence-electron chi connectivity index (χ4n) is 3.40. The lowest BCUT2D eigenvalue weighted by molar-refractivity contribution is -0.286. The van der Waals surface area contributed by atoms with Crippen LogP contribution in [-0.4, -0.2) is 24.7 Å². The number of nitrogens with two attached hydrogens (primary N) is 2. The number of benzene rings is 2. The van der Waals surface area contributed by atoms with E-state index in [1.54, 1.807) is 0 Å². The zero-order valence-electron chi connectivity index (χ0n) is 16.4. The molecule has 0 spiro atoms. The van der Waals surface area contributed by atoms with Crippen molar-refractivity contribution in [2.45, 2.75) is 24.3 Å². The summed E-state index contributed by atoms with van der Waals surface area (Å²) in [6.45, 7) is 1.49. The lowest BCUT2D eigenvalue weighted by atomic mass is 9.94. The third-order valence-corrected chi connectivity index (χ3v) is 5.65. The molecule has 2 heterocycles. The molecule has 4 rings (SSSR count). The first-order valence-electron chi connectivity index (χ1n) is 8.93. The minimum Gasteiger partial charge on any atom is -0.395 e. The molecule has 8 nitrogen and oxygen atoms in total. The van der Waals surface area contributed by atoms with Gasteiger partial charge in [0.25, 0.3) is 0 Å². The molecule has 0 atom stereocenters. The smallest absolute Gasteiger partial charge is 0.395 e. The van der Waals surface area contributed by atoms with Crippen LogP contribution in [0.2, 0.25) is 0 Å². The van der Waals surface area contributed by atoms with Crippen LogP contribution in [0, 0.1) is 6.92 Å². The Hall–Kier alpha value is -3.52. The van der Waals surface area contributed by atoms with E-state index in [0.29, 0.717) is 0 Å². The van der Waals surface area contributed by atoms with Crippen LogP contribution in [0.3, 0.4) is 0 Å². The fraction of sp³-hybridized carbons (Fsp3) is 0.158. The van der Waals surface area contributed by atoms with Crippen molar-refractivity contribution in [3.05, 3.63) is 47.8 Å². The second kappa shape index (κ2) is 7.25. The summed E-state index contributed by atoms with van der Waals surface area (Å²) >= 11 is 0. The normalized spacial score (nSPS) is 15.0. The molecular formula is C19H13F5N4O4S. The predicted octanol–water partition coefficient (Wildman–Crippen LogP) is 3.69. The van der Waals surface area contributed by atoms with Gasteiger partial charge in [-0.05, 0) is 47.9 Å². The molecule has 3 aromatic rings. The van der Waals surface area contributed by atoms with Crippen LogP contribution >= 0.6 is 0 Å². The molecule has 0 fully saturated rings. The highest BCUT2D eigenvalue weighted by Gasteiger charge is 2.44. The van der Waals surface area contributed by atoms with Crippen LogP contribution in [-0.2, 0) is 16.2 Å². The van der Waals surface area contributed by atoms with E-state index in [1.807, 2.05) is 0 Å². The number of fused-ring (bicyclic) bond motifs is 1. The maximum Gasteiger partial charge on any atom is 0.586 e. The standard InChI is InChI=1S/C19H13F5N4O4S/c1-8-12(7-27-17(25)28-8)10-4-11(16(18(20,21)22)15(6-10)33(26,29)30)9-2-3-13-14(5-9)32-19(23,24)31-13/h2-7H,1H3,(H2,25,27,28)(H2,26,29,30). The van der Waals surface area contributed by atoms with Crippen molar-refractivity contribution in [1.82, 2.24) is 9.97 Å². The molecule has 2 aromatic carbocycles. The van der Waals surface area contributed by atoms with Crippen molar-refractivity contribution in [1.29, 1.82) is 0 Å². The minimum absolute atomic E-state index is 0.0254. The number of sulfonamides is 1. The van der Waals surface area contributed by atoms with E-state index < -0.39 is 50.0 Å². The molecule has 33 heavy (non-hydrogen) atoms. The van der Waals surface area contributed by atoms with E-state index in [1.165, 1.54) is 13.1 Å². The minimum atomic E-state index is -5.18. The molecule has 0 aliphatic carbocycles. The van der Waals surface area contributed by atoms with Gasteiger partial charge in [-0.25, -0.2) is 23.5 Å². The van der Waals surface area contributed by atoms with Crippen LogP contribution < -0.4 is 20.3 Å². The maximum atomic E-state index is 14.1. The summed E-state index contributed by atoms with van der Waals surface area (Å²) in [4.78, 5) is 6.49. The van der Waals surface area contributed by atoms with E-state index in [9.17, 15) is 30.4 Å². The van der Waals surface area contributed by atoms with Crippen molar-refractivity contribution in [3.63, 3.8) is 0 Å². The van der Waals surface area contributed by atoms with Crippen molar-refractivity contribution < 1.29 is 39.8 Å². The van der Waals surface area contributed by atoms with Gasteiger partial charge < -0.3 is 15.2 Å². The van der Waals surface area contributed by atoms with E-state index in [2.05, 4.69) is 19.4 Å². The Morgan fingerprint density at radius 1 is 1.00 bits per heavy atom. The molecule has 0 radical (unpaired) electrons. The molecule has 1 aliphatic rings. The number of ether oxygens (including phenoxy) is 2. The quantitative estimate of drug-likeness (QED) is 0.538. The Balaban J connectivity index is 2.05. The van der Waals surface area contributed by atoms with Gasteiger partial charge in [0.05, 0.1) is 16.2 Å². The third-order valence-electron chi connectivity index (χ3n) is 4.71. The number of hydrogen-bond donors (Lipinski definition) is 2. The highest BCUT2D eigenvalue weighted by molar-refractivity contribution is 7.89. The van der Waals surface area contributed by atoms with Gasteiger partial charge in [-0.15, -0.1) is 8.78 Å². The van der Waals surface area contributed by atoms with Crippen molar-refractivity contribution >= 4 is 16.0 Å². The first kappa shape index (κ1) is 22.7. The Morgan fingerprint density at radius 3 is 2.27 bits per heavy atom. The number of hydrogen-bond acceptors (Lipinski definition) is 7. The van der Waals surface area contributed by atoms with Gasteiger partial charge >= 0.3 is 12.5 Å². The number of rotatable bonds is 3. The SMILES string of the molecule is Cc1nc(N)ncc1-c1cc(-c2ccc3c(c2)OC(F)(F)O3)c(C(F)(F)F)c(S(N)(=O)=O)c1. The number of nitrogen functional groups attached to an aromatic ring is 1. The molecule has 1 aromatic heterocycles. The summed E-state index contributed by atoms with van der Waals surface area (Å²) in [5.74, 6) is -1.03. The molecule has 0 bridgehead atoms. The second-order valence-electron chi connectivity index (χ2n) is 7.00. The number of aromatic nitrogens is 2. The molecule has 14 heteroatoms. The fourth-order valence-corrected chi connectivity index (χ4v) is 4.20. The zero-order chi connectivity index (χ0) is 24.3. The summed E-state index contributed by atoms with van der Waals surface area (Å²) in [5, 5.41) is 5.11. The summed E-state index contributed by atoms with van der Waals surface area (Å²) in [6, 6.07) is 4.67. The van der Waals surface area contributed by atoms with Gasteiger partial charge in [-0.2, -0.15) is 13.2 Å². The van der Waals surface area contributed by atoms with Crippen molar-refractivity contribution in [3.8, 4) is 33.8 Å². The van der Waals surface area contributed by atoms with E-state index in [4.69, 9.17) is 10.9 Å². The summed E-state index contributed by atoms with van der Waals surface area (Å²) < 4.78 is 102. The average Bonchev–Trinajstić information content (AvgIpc) is 2.98. The predicted molar refractivity (Wildman–Crippen MR) is 105 cm³/mol. The van der Waals surface area contributed by atoms with Crippen LogP contribution in [0.5, 0.6) is 11.5 Å². The van der Waals surface area contributed by atoms with E-state index in [-0.39, 0.29) is 28.3 Å². The van der Waals surface area contributed by atoms with E-state index >= 15 is 0 Å². The topological polar surface area (TPSA) is 130 Å². The zero-order valence-corrected chi connectivity index (χ0v) is 17.3. The van der Waals surface area contributed by atoms with Crippen molar-refractivity contribution in [2.24, 2.45) is 5.14 Å². The number of alkyl halides is 5. The first-order valence-corrected chi connectivity index (χ1v) is 10.5. The van der Waals surface area contributed by atoms with Gasteiger partial charge in [0.1, 0.15) is 0 Å². The van der Waals surface area contributed by atoms with Gasteiger partial charge in [-0.1, -0.05) is 6.07 Å².